The van der Waals surface area contributed by atoms with Gasteiger partial charge in [-0.2, -0.15) is 5.21 Å². The molecule has 0 aliphatic carbocycles. The van der Waals surface area contributed by atoms with Gasteiger partial charge in [0.25, 0.3) is 0 Å². The van der Waals surface area contributed by atoms with Gasteiger partial charge < -0.3 is 4.74 Å². The van der Waals surface area contributed by atoms with Crippen molar-refractivity contribution in [3.8, 4) is 5.75 Å². The van der Waals surface area contributed by atoms with E-state index in [0.29, 0.717) is 18.9 Å². The Balaban J connectivity index is 1.92. The molecule has 0 fully saturated rings. The van der Waals surface area contributed by atoms with Gasteiger partial charge in [0.15, 0.2) is 5.82 Å². The maximum absolute atomic E-state index is 5.67. The molecule has 0 spiro atoms. The molecule has 1 aromatic heterocycles. The molecule has 0 unspecified atom stereocenters. The van der Waals surface area contributed by atoms with Crippen LogP contribution in [-0.4, -0.2) is 27.2 Å². The normalized spacial score (nSPS) is 10.4. The average Bonchev–Trinajstić information content (AvgIpc) is 2.77. The summed E-state index contributed by atoms with van der Waals surface area (Å²) in [4.78, 5) is 0. The number of aromatic amines is 1. The first-order chi connectivity index (χ1) is 7.77. The van der Waals surface area contributed by atoms with E-state index >= 15 is 0 Å². The van der Waals surface area contributed by atoms with Gasteiger partial charge in [0.2, 0.25) is 0 Å². The number of aryl methyl sites for hydroxylation is 1. The highest BCUT2D eigenvalue weighted by Gasteiger charge is 2.03. The molecule has 2 aromatic rings. The van der Waals surface area contributed by atoms with Crippen LogP contribution in [-0.2, 0) is 6.42 Å². The molecule has 5 heteroatoms. The van der Waals surface area contributed by atoms with Crippen LogP contribution in [0.25, 0.3) is 0 Å². The van der Waals surface area contributed by atoms with Gasteiger partial charge in [-0.05, 0) is 31.0 Å². The van der Waals surface area contributed by atoms with Gasteiger partial charge >= 0.3 is 0 Å². The predicted octanol–water partition coefficient (Wildman–Crippen LogP) is 1.44. The molecule has 0 amide bonds. The molecule has 0 bridgehead atoms. The van der Waals surface area contributed by atoms with Gasteiger partial charge in [0.1, 0.15) is 5.75 Å². The van der Waals surface area contributed by atoms with E-state index in [0.717, 1.165) is 5.75 Å². The van der Waals surface area contributed by atoms with Gasteiger partial charge in [0, 0.05) is 6.42 Å². The average molecular weight is 218 g/mol. The van der Waals surface area contributed by atoms with E-state index in [1.807, 2.05) is 12.1 Å². The second-order valence-corrected chi connectivity index (χ2v) is 3.62. The van der Waals surface area contributed by atoms with Crippen LogP contribution in [0.4, 0.5) is 0 Å². The minimum atomic E-state index is 0.559. The molecule has 0 radical (unpaired) electrons. The Kier molecular flexibility index (Phi) is 3.14. The third-order valence-corrected chi connectivity index (χ3v) is 2.53. The van der Waals surface area contributed by atoms with Gasteiger partial charge in [-0.15, -0.1) is 10.2 Å². The number of nitrogens with zero attached hydrogens (tertiary/aromatic N) is 3. The van der Waals surface area contributed by atoms with Crippen LogP contribution in [0, 0.1) is 13.8 Å². The summed E-state index contributed by atoms with van der Waals surface area (Å²) >= 11 is 0. The summed E-state index contributed by atoms with van der Waals surface area (Å²) in [6.45, 7) is 4.68. The van der Waals surface area contributed by atoms with E-state index in [-0.39, 0.29) is 0 Å². The van der Waals surface area contributed by atoms with E-state index in [9.17, 15) is 0 Å². The quantitative estimate of drug-likeness (QED) is 0.843. The van der Waals surface area contributed by atoms with Crippen molar-refractivity contribution in [1.29, 1.82) is 0 Å². The summed E-state index contributed by atoms with van der Waals surface area (Å²) in [5.41, 5.74) is 2.41. The third kappa shape index (κ3) is 2.36. The molecular formula is C11H14N4O. The Hall–Kier alpha value is -1.91. The second kappa shape index (κ2) is 4.74. The lowest BCUT2D eigenvalue weighted by Crippen LogP contribution is -2.04. The fraction of sp³-hybridized carbons (Fsp3) is 0.364. The number of benzene rings is 1. The molecule has 84 valence electrons. The van der Waals surface area contributed by atoms with Crippen molar-refractivity contribution in [3.05, 3.63) is 35.2 Å². The maximum atomic E-state index is 5.67. The first-order valence-electron chi connectivity index (χ1n) is 5.18. The van der Waals surface area contributed by atoms with E-state index in [4.69, 9.17) is 4.74 Å². The van der Waals surface area contributed by atoms with E-state index in [1.54, 1.807) is 0 Å². The Morgan fingerprint density at radius 3 is 2.94 bits per heavy atom. The summed E-state index contributed by atoms with van der Waals surface area (Å²) in [6.07, 6.45) is 0.657. The SMILES string of the molecule is Cc1cccc(OCCc2nn[nH]n2)c1C. The summed E-state index contributed by atoms with van der Waals surface area (Å²) in [7, 11) is 0. The molecule has 0 saturated carbocycles. The molecule has 2 rings (SSSR count). The van der Waals surface area contributed by atoms with E-state index < -0.39 is 0 Å². The first kappa shape index (κ1) is 10.6. The van der Waals surface area contributed by atoms with Crippen LogP contribution < -0.4 is 4.74 Å². The first-order valence-corrected chi connectivity index (χ1v) is 5.18. The smallest absolute Gasteiger partial charge is 0.177 e. The minimum Gasteiger partial charge on any atom is -0.493 e. The van der Waals surface area contributed by atoms with Crippen molar-refractivity contribution >= 4 is 0 Å². The molecule has 1 N–H and O–H groups in total. The summed E-state index contributed by atoms with van der Waals surface area (Å²) in [6, 6.07) is 6.03. The standard InChI is InChI=1S/C11H14N4O/c1-8-4-3-5-10(9(8)2)16-7-6-11-12-14-15-13-11/h3-5H,6-7H2,1-2H3,(H,12,13,14,15). The zero-order chi connectivity index (χ0) is 11.4. The molecule has 0 aliphatic heterocycles. The fourth-order valence-electron chi connectivity index (χ4n) is 1.42. The third-order valence-electron chi connectivity index (χ3n) is 2.53. The fourth-order valence-corrected chi connectivity index (χ4v) is 1.42. The Morgan fingerprint density at radius 1 is 1.31 bits per heavy atom. The second-order valence-electron chi connectivity index (χ2n) is 3.62. The van der Waals surface area contributed by atoms with Gasteiger partial charge in [-0.25, -0.2) is 0 Å². The van der Waals surface area contributed by atoms with Crippen molar-refractivity contribution in [3.63, 3.8) is 0 Å². The number of hydrogen-bond donors (Lipinski definition) is 1. The minimum absolute atomic E-state index is 0.559. The largest absolute Gasteiger partial charge is 0.493 e. The van der Waals surface area contributed by atoms with Crippen molar-refractivity contribution in [2.24, 2.45) is 0 Å². The molecule has 5 nitrogen and oxygen atoms in total. The van der Waals surface area contributed by atoms with Crippen molar-refractivity contribution < 1.29 is 4.74 Å². The zero-order valence-corrected chi connectivity index (χ0v) is 9.40. The summed E-state index contributed by atoms with van der Waals surface area (Å²) in [5, 5.41) is 13.6. The van der Waals surface area contributed by atoms with E-state index in [2.05, 4.69) is 40.5 Å². The highest BCUT2D eigenvalue weighted by molar-refractivity contribution is 5.38. The number of tetrazole rings is 1. The number of H-pyrrole nitrogens is 1. The van der Waals surface area contributed by atoms with E-state index in [1.165, 1.54) is 11.1 Å². The predicted molar refractivity (Wildman–Crippen MR) is 59.3 cm³/mol. The van der Waals surface area contributed by atoms with Gasteiger partial charge in [0.05, 0.1) is 6.61 Å². The molecular weight excluding hydrogens is 204 g/mol. The Bertz CT molecular complexity index is 453. The van der Waals surface area contributed by atoms with Crippen LogP contribution in [0.2, 0.25) is 0 Å². The monoisotopic (exact) mass is 218 g/mol. The highest BCUT2D eigenvalue weighted by Crippen LogP contribution is 2.20. The van der Waals surface area contributed by atoms with Gasteiger partial charge in [-0.3, -0.25) is 0 Å². The highest BCUT2D eigenvalue weighted by atomic mass is 16.5. The number of rotatable bonds is 4. The number of aromatic nitrogens is 4. The Labute approximate surface area is 93.8 Å². The number of nitrogens with one attached hydrogen (secondary N) is 1. The lowest BCUT2D eigenvalue weighted by atomic mass is 10.1. The maximum Gasteiger partial charge on any atom is 0.177 e. The topological polar surface area (TPSA) is 63.7 Å². The van der Waals surface area contributed by atoms with Crippen LogP contribution >= 0.6 is 0 Å². The lowest BCUT2D eigenvalue weighted by Gasteiger charge is -2.09. The molecule has 0 saturated heterocycles. The van der Waals surface area contributed by atoms with Crippen molar-refractivity contribution in [2.45, 2.75) is 20.3 Å². The van der Waals surface area contributed by atoms with Crippen LogP contribution in [0.5, 0.6) is 5.75 Å². The van der Waals surface area contributed by atoms with Crippen LogP contribution in [0.1, 0.15) is 17.0 Å². The summed E-state index contributed by atoms with van der Waals surface area (Å²) in [5.74, 6) is 1.59. The molecule has 16 heavy (non-hydrogen) atoms. The van der Waals surface area contributed by atoms with Crippen molar-refractivity contribution in [1.82, 2.24) is 20.6 Å². The van der Waals surface area contributed by atoms with Gasteiger partial charge in [-0.1, -0.05) is 17.3 Å². The molecule has 0 atom stereocenters. The number of ether oxygens (including phenoxy) is 1. The molecule has 1 aromatic carbocycles. The van der Waals surface area contributed by atoms with Crippen LogP contribution in [0.3, 0.4) is 0 Å². The number of hydrogen-bond acceptors (Lipinski definition) is 4. The molecule has 1 heterocycles. The zero-order valence-electron chi connectivity index (χ0n) is 9.40. The lowest BCUT2D eigenvalue weighted by molar-refractivity contribution is 0.316. The summed E-state index contributed by atoms with van der Waals surface area (Å²) < 4.78 is 5.67. The Morgan fingerprint density at radius 2 is 2.19 bits per heavy atom. The van der Waals surface area contributed by atoms with Crippen molar-refractivity contribution in [2.75, 3.05) is 6.61 Å². The molecule has 0 aliphatic rings. The van der Waals surface area contributed by atoms with Crippen LogP contribution in [0.15, 0.2) is 18.2 Å².